The van der Waals surface area contributed by atoms with Crippen molar-refractivity contribution in [2.45, 2.75) is 32.8 Å². The van der Waals surface area contributed by atoms with E-state index in [4.69, 9.17) is 0 Å². The molecule has 0 saturated heterocycles. The molecule has 144 valence electrons. The van der Waals surface area contributed by atoms with Crippen LogP contribution in [0.4, 0.5) is 0 Å². The number of aliphatic hydroxyl groups is 1. The predicted molar refractivity (Wildman–Crippen MR) is 115 cm³/mol. The van der Waals surface area contributed by atoms with Crippen LogP contribution in [-0.2, 0) is 12.0 Å². The second-order valence-corrected chi connectivity index (χ2v) is 7.84. The van der Waals surface area contributed by atoms with E-state index in [1.807, 2.05) is 24.4 Å². The Balaban J connectivity index is 1.63. The van der Waals surface area contributed by atoms with Crippen molar-refractivity contribution in [2.75, 3.05) is 19.6 Å². The van der Waals surface area contributed by atoms with Crippen LogP contribution < -0.4 is 10.6 Å². The van der Waals surface area contributed by atoms with E-state index >= 15 is 0 Å². The topological polar surface area (TPSA) is 72.4 Å². The third kappa shape index (κ3) is 4.70. The molecule has 0 amide bonds. The number of aliphatic imine (C=N–C) groups is 1. The monoisotopic (exact) mass is 384 g/mol. The lowest BCUT2D eigenvalue weighted by Crippen LogP contribution is -2.39. The Morgan fingerprint density at radius 3 is 2.78 bits per heavy atom. The van der Waals surface area contributed by atoms with E-state index in [2.05, 4.69) is 51.8 Å². The molecule has 6 heteroatoms. The quantitative estimate of drug-likeness (QED) is 0.372. The zero-order valence-corrected chi connectivity index (χ0v) is 17.0. The number of hydrogen-bond donors (Lipinski definition) is 4. The molecule has 1 aromatic carbocycles. The van der Waals surface area contributed by atoms with Gasteiger partial charge in [-0.15, -0.1) is 11.3 Å². The van der Waals surface area contributed by atoms with Crippen LogP contribution in [-0.4, -0.2) is 35.7 Å². The van der Waals surface area contributed by atoms with Crippen LogP contribution in [0.5, 0.6) is 0 Å². The van der Waals surface area contributed by atoms with Gasteiger partial charge in [0.25, 0.3) is 0 Å². The molecule has 3 aromatic rings. The van der Waals surface area contributed by atoms with E-state index in [-0.39, 0.29) is 0 Å². The van der Waals surface area contributed by atoms with Crippen LogP contribution in [0.2, 0.25) is 0 Å². The molecule has 27 heavy (non-hydrogen) atoms. The standard InChI is InChI=1S/C21H28N4OS/c1-4-22-20(24-14-21(3,26)19-10-7-13-27-19)23-12-11-16-15(2)25-18-9-6-5-8-17(16)18/h5-10,13,25-26H,4,11-12,14H2,1-3H3,(H2,22,23,24). The Morgan fingerprint density at radius 1 is 1.22 bits per heavy atom. The van der Waals surface area contributed by atoms with Gasteiger partial charge in [0.2, 0.25) is 0 Å². The van der Waals surface area contributed by atoms with E-state index in [9.17, 15) is 5.11 Å². The Hall–Kier alpha value is -2.31. The van der Waals surface area contributed by atoms with E-state index in [1.54, 1.807) is 18.3 Å². The van der Waals surface area contributed by atoms with Gasteiger partial charge in [-0.2, -0.15) is 0 Å². The largest absolute Gasteiger partial charge is 0.383 e. The van der Waals surface area contributed by atoms with Crippen molar-refractivity contribution >= 4 is 28.2 Å². The first-order chi connectivity index (χ1) is 13.0. The van der Waals surface area contributed by atoms with Gasteiger partial charge in [-0.05, 0) is 50.3 Å². The van der Waals surface area contributed by atoms with Crippen molar-refractivity contribution in [1.29, 1.82) is 0 Å². The molecule has 0 fully saturated rings. The van der Waals surface area contributed by atoms with Gasteiger partial charge < -0.3 is 20.7 Å². The Labute approximate surface area is 164 Å². The van der Waals surface area contributed by atoms with Gasteiger partial charge in [-0.1, -0.05) is 24.3 Å². The number of nitrogens with zero attached hydrogens (tertiary/aromatic N) is 1. The molecule has 4 N–H and O–H groups in total. The summed E-state index contributed by atoms with van der Waals surface area (Å²) in [5.41, 5.74) is 2.77. The van der Waals surface area contributed by atoms with Gasteiger partial charge in [0.05, 0.1) is 6.54 Å². The summed E-state index contributed by atoms with van der Waals surface area (Å²) in [7, 11) is 0. The number of rotatable bonds is 7. The van der Waals surface area contributed by atoms with Crippen LogP contribution in [0.25, 0.3) is 10.9 Å². The van der Waals surface area contributed by atoms with E-state index < -0.39 is 5.60 Å². The Kier molecular flexibility index (Phi) is 6.19. The molecule has 0 aliphatic carbocycles. The molecule has 0 bridgehead atoms. The van der Waals surface area contributed by atoms with E-state index in [1.165, 1.54) is 22.2 Å². The first kappa shape index (κ1) is 19.5. The molecule has 3 rings (SSSR count). The summed E-state index contributed by atoms with van der Waals surface area (Å²) in [6, 6.07) is 12.3. The summed E-state index contributed by atoms with van der Waals surface area (Å²) < 4.78 is 0. The lowest BCUT2D eigenvalue weighted by molar-refractivity contribution is 0.0711. The van der Waals surface area contributed by atoms with Crippen LogP contribution in [0.15, 0.2) is 46.8 Å². The highest BCUT2D eigenvalue weighted by atomic mass is 32.1. The van der Waals surface area contributed by atoms with E-state index in [0.29, 0.717) is 6.54 Å². The molecule has 2 heterocycles. The average Bonchev–Trinajstić information content (AvgIpc) is 3.29. The normalized spacial score (nSPS) is 14.3. The number of para-hydroxylation sites is 1. The minimum Gasteiger partial charge on any atom is -0.383 e. The second-order valence-electron chi connectivity index (χ2n) is 6.90. The van der Waals surface area contributed by atoms with Crippen molar-refractivity contribution in [3.63, 3.8) is 0 Å². The fraction of sp³-hybridized carbons (Fsp3) is 0.381. The number of fused-ring (bicyclic) bond motifs is 1. The smallest absolute Gasteiger partial charge is 0.191 e. The van der Waals surface area contributed by atoms with Crippen LogP contribution >= 0.6 is 11.3 Å². The molecule has 1 atom stereocenters. The average molecular weight is 385 g/mol. The molecule has 0 aliphatic heterocycles. The van der Waals surface area contributed by atoms with E-state index in [0.717, 1.165) is 30.3 Å². The fourth-order valence-corrected chi connectivity index (χ4v) is 3.98. The zero-order chi connectivity index (χ0) is 19.3. The SMILES string of the molecule is CCNC(=NCC(C)(O)c1cccs1)NCCc1c(C)[nH]c2ccccc12. The third-order valence-corrected chi connectivity index (χ3v) is 5.76. The zero-order valence-electron chi connectivity index (χ0n) is 16.2. The Bertz CT molecular complexity index is 896. The number of nitrogens with one attached hydrogen (secondary N) is 3. The molecule has 0 radical (unpaired) electrons. The minimum absolute atomic E-state index is 0.314. The van der Waals surface area contributed by atoms with Gasteiger partial charge in [0.1, 0.15) is 5.60 Å². The fourth-order valence-electron chi connectivity index (χ4n) is 3.20. The lowest BCUT2D eigenvalue weighted by atomic mass is 10.1. The molecular weight excluding hydrogens is 356 g/mol. The number of aromatic nitrogens is 1. The second kappa shape index (κ2) is 8.59. The number of guanidine groups is 1. The van der Waals surface area contributed by atoms with Gasteiger partial charge in [-0.3, -0.25) is 0 Å². The summed E-state index contributed by atoms with van der Waals surface area (Å²) in [5, 5.41) is 20.6. The van der Waals surface area contributed by atoms with Crippen molar-refractivity contribution in [2.24, 2.45) is 4.99 Å². The highest BCUT2D eigenvalue weighted by Gasteiger charge is 2.24. The summed E-state index contributed by atoms with van der Waals surface area (Å²) in [5.74, 6) is 0.729. The molecule has 0 aliphatic rings. The summed E-state index contributed by atoms with van der Waals surface area (Å²) in [6.45, 7) is 7.83. The maximum Gasteiger partial charge on any atom is 0.191 e. The number of benzene rings is 1. The number of H-pyrrole nitrogens is 1. The van der Waals surface area contributed by atoms with Crippen molar-refractivity contribution < 1.29 is 5.11 Å². The third-order valence-electron chi connectivity index (χ3n) is 4.64. The summed E-state index contributed by atoms with van der Waals surface area (Å²) in [4.78, 5) is 8.96. The molecule has 0 saturated carbocycles. The number of hydrogen-bond acceptors (Lipinski definition) is 3. The number of aryl methyl sites for hydroxylation is 1. The maximum absolute atomic E-state index is 10.7. The lowest BCUT2D eigenvalue weighted by Gasteiger charge is -2.20. The van der Waals surface area contributed by atoms with Crippen LogP contribution in [0, 0.1) is 6.92 Å². The molecule has 2 aromatic heterocycles. The van der Waals surface area contributed by atoms with Gasteiger partial charge in [0.15, 0.2) is 5.96 Å². The molecular formula is C21H28N4OS. The van der Waals surface area contributed by atoms with Crippen molar-refractivity contribution in [3.8, 4) is 0 Å². The van der Waals surface area contributed by atoms with Crippen LogP contribution in [0.1, 0.15) is 30.0 Å². The first-order valence-corrected chi connectivity index (χ1v) is 10.2. The highest BCUT2D eigenvalue weighted by molar-refractivity contribution is 7.10. The van der Waals surface area contributed by atoms with Crippen molar-refractivity contribution in [1.82, 2.24) is 15.6 Å². The van der Waals surface area contributed by atoms with Crippen LogP contribution in [0.3, 0.4) is 0 Å². The van der Waals surface area contributed by atoms with Crippen molar-refractivity contribution in [3.05, 3.63) is 57.9 Å². The number of aromatic amines is 1. The summed E-state index contributed by atoms with van der Waals surface area (Å²) in [6.07, 6.45) is 0.904. The van der Waals surface area contributed by atoms with Gasteiger partial charge in [0, 0.05) is 34.6 Å². The minimum atomic E-state index is -0.954. The maximum atomic E-state index is 10.7. The van der Waals surface area contributed by atoms with Gasteiger partial charge in [-0.25, -0.2) is 4.99 Å². The molecule has 5 nitrogen and oxygen atoms in total. The highest BCUT2D eigenvalue weighted by Crippen LogP contribution is 2.25. The van der Waals surface area contributed by atoms with Gasteiger partial charge >= 0.3 is 0 Å². The predicted octanol–water partition coefficient (Wildman–Crippen LogP) is 3.54. The summed E-state index contributed by atoms with van der Waals surface area (Å²) >= 11 is 1.55. The Morgan fingerprint density at radius 2 is 2.04 bits per heavy atom. The molecule has 0 spiro atoms. The first-order valence-electron chi connectivity index (χ1n) is 9.36. The molecule has 1 unspecified atom stereocenters. The number of thiophene rings is 1.